The summed E-state index contributed by atoms with van der Waals surface area (Å²) in [7, 11) is 0. The van der Waals surface area contributed by atoms with Crippen LogP contribution in [0.5, 0.6) is 17.2 Å². The molecule has 0 radical (unpaired) electrons. The number of aromatic nitrogens is 1. The smallest absolute Gasteiger partial charge is 0.231 e. The molecule has 0 spiro atoms. The third-order valence-electron chi connectivity index (χ3n) is 32.2. The summed E-state index contributed by atoms with van der Waals surface area (Å²) in [4.78, 5) is 21.0. The fourth-order valence-electron chi connectivity index (χ4n) is 23.9. The summed E-state index contributed by atoms with van der Waals surface area (Å²) in [6, 6.07) is 79.4. The van der Waals surface area contributed by atoms with Crippen LogP contribution in [0, 0.1) is 76.9 Å². The Hall–Kier alpha value is -10.4. The number of ketones is 1. The van der Waals surface area contributed by atoms with Gasteiger partial charge in [0, 0.05) is 59.7 Å². The normalized spacial score (nSPS) is 25.9. The Bertz CT molecular complexity index is 5000. The average molecular weight is 1860 g/mol. The number of hydrogen-bond donors (Lipinski definition) is 1. The first-order valence-electron chi connectivity index (χ1n) is 54.3. The van der Waals surface area contributed by atoms with Crippen molar-refractivity contribution in [1.82, 2.24) is 10.3 Å². The number of carbonyl (C=O) groups is 1. The molecule has 30 rings (SSSR count). The molecule has 10 aromatic rings. The fourth-order valence-corrected chi connectivity index (χ4v) is 25.0. The monoisotopic (exact) mass is 1860 g/mol. The number of para-hydroxylation sites is 5. The fraction of sp³-hybridized carbons (Fsp3) is 0.438. The summed E-state index contributed by atoms with van der Waals surface area (Å²) in [5.74, 6) is 16.8. The van der Waals surface area contributed by atoms with Crippen LogP contribution in [-0.2, 0) is 43.3 Å². The number of pyridine rings is 1. The number of thioether (sulfide) groups is 1. The molecule has 0 amide bonds. The molecule has 138 heavy (non-hydrogen) atoms. The number of hydrogen-bond acceptors (Lipinski definition) is 8. The van der Waals surface area contributed by atoms with Crippen molar-refractivity contribution in [2.75, 3.05) is 25.7 Å². The Morgan fingerprint density at radius 1 is 0.312 bits per heavy atom. The van der Waals surface area contributed by atoms with Crippen LogP contribution in [0.2, 0.25) is 0 Å². The minimum Gasteiger partial charge on any atom is -0.493 e. The van der Waals surface area contributed by atoms with E-state index in [1.807, 2.05) is 127 Å². The van der Waals surface area contributed by atoms with Crippen molar-refractivity contribution in [1.29, 1.82) is 0 Å². The lowest BCUT2D eigenvalue weighted by Crippen LogP contribution is -2.28. The van der Waals surface area contributed by atoms with Crippen molar-refractivity contribution in [3.8, 4) is 17.2 Å². The molecule has 1 saturated heterocycles. The number of aliphatic imine (C=N–C) groups is 1. The van der Waals surface area contributed by atoms with Gasteiger partial charge in [0.1, 0.15) is 11.5 Å². The number of benzene rings is 9. The first-order chi connectivity index (χ1) is 68.4. The molecule has 0 bridgehead atoms. The van der Waals surface area contributed by atoms with Crippen molar-refractivity contribution < 1.29 is 19.0 Å². The lowest BCUT2D eigenvalue weighted by Gasteiger charge is -2.40. The van der Waals surface area contributed by atoms with E-state index in [0.717, 1.165) is 109 Å². The highest BCUT2D eigenvalue weighted by Gasteiger charge is 2.35. The molecule has 7 nitrogen and oxygen atoms in total. The van der Waals surface area contributed by atoms with E-state index >= 15 is 0 Å². The molecule has 9 saturated carbocycles. The standard InChI is InChI=1S/C10H18.C10H12.C10H8.C9H7N.C9H10O.C9H16.C9H12.C9H8.C8H11N.C8H7N.C8H8O.C8H8S.C8H14.C8H12.C7H6O2/c3*1-2-6-10-8-4-3-7-9(10)5-1;1-2-6-9-8(4-1)5-3-7-10-9;10-9-6-5-7-3-1-2-4-8(7)9;3*1-2-5-9-7-3-6-8(9)4-1;4*1-2-4-8-7(3-1)5-6-9-8;2*1-2-4-8-6-5-7(8)3-1;1-2-4-7-6(3-1)8-5-9-7/h9-10H,1-8H2;1-2,5-6H,3-4,7-8H2;1-8H;1-7H;1-4,7-8H,5-6H2;8-9H,1-7H2;1-2,4-5,8-9H,3,6-7H2;1-6H,7H2;1-4,7-9H,5-6H2;1-4,6H,5H2;2*1-4H,5-6H2;7-8H,1-6H2;5-8H,1-4H2;1-4H,5H2. The van der Waals surface area contributed by atoms with Gasteiger partial charge in [-0.3, -0.25) is 14.8 Å². The number of aryl methyl sites for hydroxylation is 3. The largest absolute Gasteiger partial charge is 0.493 e. The summed E-state index contributed by atoms with van der Waals surface area (Å²) in [6.07, 6.45) is 94.7. The predicted octanol–water partition coefficient (Wildman–Crippen LogP) is 33.8. The second kappa shape index (κ2) is 56.2. The van der Waals surface area contributed by atoms with Crippen LogP contribution in [-0.4, -0.2) is 48.7 Å². The zero-order chi connectivity index (χ0) is 93.9. The number of ether oxygens (including phenoxy) is 3. The minimum atomic E-state index is 0.227. The number of nitrogens with zero attached hydrogens (tertiary/aromatic N) is 2. The molecule has 1 N–H and O–H groups in total. The van der Waals surface area contributed by atoms with E-state index in [-0.39, 0.29) is 5.92 Å². The van der Waals surface area contributed by atoms with Crippen LogP contribution in [0.15, 0.2) is 338 Å². The maximum absolute atomic E-state index is 11.1. The minimum absolute atomic E-state index is 0.227. The molecule has 5 aliphatic heterocycles. The van der Waals surface area contributed by atoms with Gasteiger partial charge in [0.2, 0.25) is 6.79 Å². The lowest BCUT2D eigenvalue weighted by atomic mass is 9.66. The van der Waals surface area contributed by atoms with E-state index in [1.165, 1.54) is 226 Å². The topological polar surface area (TPSA) is 82.0 Å². The molecule has 8 heteroatoms. The summed E-state index contributed by atoms with van der Waals surface area (Å²) in [5.41, 5.74) is 12.4. The molecule has 12 unspecified atom stereocenters. The van der Waals surface area contributed by atoms with Gasteiger partial charge in [0.25, 0.3) is 0 Å². The summed E-state index contributed by atoms with van der Waals surface area (Å²) in [5, 5.41) is 7.24. The highest BCUT2D eigenvalue weighted by molar-refractivity contribution is 7.99. The van der Waals surface area contributed by atoms with Crippen molar-refractivity contribution >= 4 is 57.2 Å². The van der Waals surface area contributed by atoms with Crippen molar-refractivity contribution in [2.24, 2.45) is 81.9 Å². The van der Waals surface area contributed by atoms with Gasteiger partial charge in [-0.25, -0.2) is 0 Å². The molecule has 6 heterocycles. The third kappa shape index (κ3) is 31.3. The van der Waals surface area contributed by atoms with Crippen LogP contribution >= 0.6 is 11.8 Å². The Labute approximate surface area is 833 Å². The number of rotatable bonds is 0. The second-order valence-corrected chi connectivity index (χ2v) is 42.3. The summed E-state index contributed by atoms with van der Waals surface area (Å²) < 4.78 is 15.5. The van der Waals surface area contributed by atoms with Crippen LogP contribution in [0.25, 0.3) is 27.8 Å². The van der Waals surface area contributed by atoms with Gasteiger partial charge in [-0.2, -0.15) is 0 Å². The zero-order valence-corrected chi connectivity index (χ0v) is 83.6. The highest BCUT2D eigenvalue weighted by atomic mass is 32.2. The molecular formula is C130H157N3O4S. The Morgan fingerprint density at radius 3 is 1.30 bits per heavy atom. The van der Waals surface area contributed by atoms with Crippen molar-refractivity contribution in [3.63, 3.8) is 0 Å². The summed E-state index contributed by atoms with van der Waals surface area (Å²) >= 11 is 1.97. The molecule has 10 fully saturated rings. The van der Waals surface area contributed by atoms with Crippen molar-refractivity contribution in [3.05, 3.63) is 367 Å². The number of carbonyl (C=O) groups excluding carboxylic acids is 1. The zero-order valence-electron chi connectivity index (χ0n) is 82.8. The molecule has 722 valence electrons. The van der Waals surface area contributed by atoms with Gasteiger partial charge < -0.3 is 19.5 Å². The van der Waals surface area contributed by atoms with Gasteiger partial charge >= 0.3 is 0 Å². The molecular weight excluding hydrogens is 1700 g/mol. The quantitative estimate of drug-likeness (QED) is 0.152. The van der Waals surface area contributed by atoms with Gasteiger partial charge in [0.05, 0.1) is 17.8 Å². The Kier molecular flexibility index (Phi) is 40.9. The maximum Gasteiger partial charge on any atom is 0.231 e. The molecule has 15 aliphatic carbocycles. The second-order valence-electron chi connectivity index (χ2n) is 41.1. The third-order valence-corrected chi connectivity index (χ3v) is 33.3. The molecule has 12 atom stereocenters. The van der Waals surface area contributed by atoms with Gasteiger partial charge in [-0.15, -0.1) is 11.8 Å². The van der Waals surface area contributed by atoms with Gasteiger partial charge in [-0.05, 0) is 260 Å². The van der Waals surface area contributed by atoms with E-state index in [1.54, 1.807) is 88.2 Å². The molecule has 9 aromatic carbocycles. The van der Waals surface area contributed by atoms with Crippen LogP contribution < -0.4 is 19.5 Å². The van der Waals surface area contributed by atoms with Crippen LogP contribution in [0.4, 0.5) is 5.69 Å². The number of Topliss-reactive ketones (excluding diaryl/α,β-unsaturated/α-hetero) is 1. The van der Waals surface area contributed by atoms with E-state index in [0.29, 0.717) is 24.5 Å². The average Bonchev–Trinajstić information content (AvgIpc) is 1.82. The predicted molar refractivity (Wildman–Crippen MR) is 585 cm³/mol. The van der Waals surface area contributed by atoms with Gasteiger partial charge in [-0.1, -0.05) is 427 Å². The van der Waals surface area contributed by atoms with Gasteiger partial charge in [0.15, 0.2) is 11.5 Å². The van der Waals surface area contributed by atoms with E-state index in [2.05, 4.69) is 240 Å². The maximum atomic E-state index is 11.1. The molecule has 20 aliphatic rings. The SMILES string of the molecule is C1=CC2CCCC2C=C1.C1=CC2CCCCC12.C1=CC2CCNC2C=C1.C1=Cc2ccccc2C1.C1=Nc2ccccc2C1.C1CCC2CCC2C1.C1CCC2CCCC2C1.C1CCC2CCCCC2C1.O=C1CCC2C=CC=CC12.c1ccc2c(c1)CCCC2.c1ccc2c(c1)CCO2.c1ccc2c(c1)CCS2.c1ccc2c(c1)OCO2.c1ccc2ccccc2c1.c1ccc2ncccc2c1. The lowest BCUT2D eigenvalue weighted by molar-refractivity contribution is -0.119. The van der Waals surface area contributed by atoms with E-state index in [9.17, 15) is 4.79 Å². The Balaban J connectivity index is 0.000000107. The number of nitrogens with one attached hydrogen (secondary N) is 1. The first kappa shape index (κ1) is 101. The van der Waals surface area contributed by atoms with E-state index in [4.69, 9.17) is 14.2 Å². The molecule has 1 aromatic heterocycles. The van der Waals surface area contributed by atoms with E-state index < -0.39 is 0 Å². The first-order valence-corrected chi connectivity index (χ1v) is 55.3. The Morgan fingerprint density at radius 2 is 0.761 bits per heavy atom. The van der Waals surface area contributed by atoms with Crippen LogP contribution in [0.1, 0.15) is 251 Å². The van der Waals surface area contributed by atoms with Crippen molar-refractivity contribution in [2.45, 2.75) is 261 Å². The highest BCUT2D eigenvalue weighted by Crippen LogP contribution is 2.46. The number of allylic oxidation sites excluding steroid dienone is 13. The number of fused-ring (bicyclic) bond motifs is 15. The summed E-state index contributed by atoms with van der Waals surface area (Å²) in [6.45, 7) is 2.41. The van der Waals surface area contributed by atoms with Crippen LogP contribution in [0.3, 0.4) is 0 Å².